The molecular formula is C14H17N3OS. The van der Waals surface area contributed by atoms with Crippen LogP contribution in [0.25, 0.3) is 4.96 Å². The Morgan fingerprint density at radius 1 is 1.53 bits per heavy atom. The van der Waals surface area contributed by atoms with Crippen LogP contribution in [0, 0.1) is 6.92 Å². The van der Waals surface area contributed by atoms with Gasteiger partial charge in [0.15, 0.2) is 4.96 Å². The molecule has 0 aliphatic carbocycles. The Morgan fingerprint density at radius 2 is 2.42 bits per heavy atom. The zero-order chi connectivity index (χ0) is 13.2. The molecule has 0 fully saturated rings. The Hall–Kier alpha value is -1.59. The molecule has 1 unspecified atom stereocenters. The van der Waals surface area contributed by atoms with Gasteiger partial charge >= 0.3 is 0 Å². The van der Waals surface area contributed by atoms with Crippen molar-refractivity contribution in [3.05, 3.63) is 47.1 Å². The van der Waals surface area contributed by atoms with Crippen molar-refractivity contribution in [2.45, 2.75) is 26.3 Å². The number of rotatable bonds is 5. The van der Waals surface area contributed by atoms with Crippen LogP contribution in [0.2, 0.25) is 0 Å². The third-order valence-corrected chi connectivity index (χ3v) is 4.00. The molecule has 5 heteroatoms. The fraction of sp³-hybridized carbons (Fsp3) is 0.357. The summed E-state index contributed by atoms with van der Waals surface area (Å²) >= 11 is 1.66. The lowest BCUT2D eigenvalue weighted by Gasteiger charge is -2.15. The third kappa shape index (κ3) is 2.43. The van der Waals surface area contributed by atoms with E-state index in [0.717, 1.165) is 29.4 Å². The number of fused-ring (bicyclic) bond motifs is 1. The Kier molecular flexibility index (Phi) is 3.40. The number of aromatic nitrogens is 2. The van der Waals surface area contributed by atoms with Gasteiger partial charge in [0.05, 0.1) is 18.0 Å². The summed E-state index contributed by atoms with van der Waals surface area (Å²) in [6.45, 7) is 5.10. The predicted molar refractivity (Wildman–Crippen MR) is 76.6 cm³/mol. The molecule has 100 valence electrons. The normalized spacial score (nSPS) is 13.2. The summed E-state index contributed by atoms with van der Waals surface area (Å²) in [6, 6.07) is 2.19. The van der Waals surface area contributed by atoms with Gasteiger partial charge in [0.25, 0.3) is 0 Å². The molecule has 0 spiro atoms. The van der Waals surface area contributed by atoms with Crippen LogP contribution in [-0.4, -0.2) is 15.9 Å². The summed E-state index contributed by atoms with van der Waals surface area (Å²) in [5.74, 6) is 1.01. The van der Waals surface area contributed by atoms with Gasteiger partial charge in [-0.2, -0.15) is 0 Å². The number of nitrogens with zero attached hydrogens (tertiary/aromatic N) is 2. The van der Waals surface area contributed by atoms with Gasteiger partial charge in [0.2, 0.25) is 0 Å². The lowest BCUT2D eigenvalue weighted by molar-refractivity contribution is 0.412. The van der Waals surface area contributed by atoms with Crippen molar-refractivity contribution in [3.8, 4) is 0 Å². The maximum absolute atomic E-state index is 5.61. The zero-order valence-corrected chi connectivity index (χ0v) is 11.9. The molecule has 19 heavy (non-hydrogen) atoms. The SMILES string of the molecule is CCNC(Cc1cn2ccsc2n1)c1occc1C. The van der Waals surface area contributed by atoms with Crippen LogP contribution in [0.4, 0.5) is 0 Å². The molecule has 1 N–H and O–H groups in total. The van der Waals surface area contributed by atoms with Gasteiger partial charge < -0.3 is 9.73 Å². The Bertz CT molecular complexity index is 638. The Balaban J connectivity index is 1.85. The minimum atomic E-state index is 0.185. The molecule has 0 saturated heterocycles. The van der Waals surface area contributed by atoms with E-state index in [9.17, 15) is 0 Å². The molecule has 3 aromatic heterocycles. The second-order valence-corrected chi connectivity index (χ2v) is 5.48. The first kappa shape index (κ1) is 12.4. The zero-order valence-electron chi connectivity index (χ0n) is 11.1. The summed E-state index contributed by atoms with van der Waals surface area (Å²) in [4.78, 5) is 5.68. The van der Waals surface area contributed by atoms with Gasteiger partial charge in [0, 0.05) is 24.2 Å². The summed E-state index contributed by atoms with van der Waals surface area (Å²) in [7, 11) is 0. The smallest absolute Gasteiger partial charge is 0.193 e. The van der Waals surface area contributed by atoms with Crippen LogP contribution in [0.1, 0.15) is 30.0 Å². The molecule has 0 aliphatic heterocycles. The summed E-state index contributed by atoms with van der Waals surface area (Å²) < 4.78 is 7.68. The number of furan rings is 1. The number of nitrogens with one attached hydrogen (secondary N) is 1. The van der Waals surface area contributed by atoms with Crippen molar-refractivity contribution in [1.82, 2.24) is 14.7 Å². The molecule has 3 heterocycles. The van der Waals surface area contributed by atoms with Crippen LogP contribution in [0.15, 0.2) is 34.5 Å². The van der Waals surface area contributed by atoms with E-state index >= 15 is 0 Å². The highest BCUT2D eigenvalue weighted by Gasteiger charge is 2.18. The molecule has 0 bridgehead atoms. The summed E-state index contributed by atoms with van der Waals surface area (Å²) in [5, 5.41) is 5.52. The van der Waals surface area contributed by atoms with Crippen molar-refractivity contribution in [3.63, 3.8) is 0 Å². The van der Waals surface area contributed by atoms with Gasteiger partial charge in [0.1, 0.15) is 5.76 Å². The minimum absolute atomic E-state index is 0.185. The minimum Gasteiger partial charge on any atom is -0.467 e. The van der Waals surface area contributed by atoms with E-state index in [1.807, 2.05) is 17.6 Å². The molecule has 0 aromatic carbocycles. The van der Waals surface area contributed by atoms with Crippen LogP contribution < -0.4 is 5.32 Å². The van der Waals surface area contributed by atoms with E-state index in [4.69, 9.17) is 4.42 Å². The third-order valence-electron chi connectivity index (χ3n) is 3.23. The fourth-order valence-electron chi connectivity index (χ4n) is 2.33. The van der Waals surface area contributed by atoms with E-state index in [-0.39, 0.29) is 6.04 Å². The standard InChI is InChI=1S/C14H17N3OS/c1-3-15-12(13-10(2)4-6-18-13)8-11-9-17-5-7-19-14(17)16-11/h4-7,9,12,15H,3,8H2,1-2H3. The summed E-state index contributed by atoms with van der Waals surface area (Å²) in [5.41, 5.74) is 2.28. The largest absolute Gasteiger partial charge is 0.467 e. The highest BCUT2D eigenvalue weighted by atomic mass is 32.1. The van der Waals surface area contributed by atoms with Crippen LogP contribution in [-0.2, 0) is 6.42 Å². The van der Waals surface area contributed by atoms with Crippen LogP contribution in [0.3, 0.4) is 0 Å². The quantitative estimate of drug-likeness (QED) is 0.777. The van der Waals surface area contributed by atoms with Crippen molar-refractivity contribution in [2.75, 3.05) is 6.54 Å². The highest BCUT2D eigenvalue weighted by molar-refractivity contribution is 7.15. The maximum atomic E-state index is 5.61. The maximum Gasteiger partial charge on any atom is 0.193 e. The molecule has 3 rings (SSSR count). The Labute approximate surface area is 116 Å². The van der Waals surface area contributed by atoms with E-state index in [1.54, 1.807) is 17.6 Å². The summed E-state index contributed by atoms with van der Waals surface area (Å²) in [6.07, 6.45) is 6.72. The number of hydrogen-bond acceptors (Lipinski definition) is 4. The number of hydrogen-bond donors (Lipinski definition) is 1. The molecule has 0 aliphatic rings. The van der Waals surface area contributed by atoms with Crippen molar-refractivity contribution in [2.24, 2.45) is 0 Å². The number of thiazole rings is 1. The lowest BCUT2D eigenvalue weighted by Crippen LogP contribution is -2.23. The molecule has 0 saturated carbocycles. The first-order valence-electron chi connectivity index (χ1n) is 6.46. The van der Waals surface area contributed by atoms with Crippen LogP contribution in [0.5, 0.6) is 0 Å². The van der Waals surface area contributed by atoms with Gasteiger partial charge in [-0.25, -0.2) is 4.98 Å². The number of aryl methyl sites for hydroxylation is 1. The second kappa shape index (κ2) is 5.19. The average molecular weight is 275 g/mol. The van der Waals surface area contributed by atoms with E-state index < -0.39 is 0 Å². The molecule has 0 amide bonds. The topological polar surface area (TPSA) is 42.5 Å². The predicted octanol–water partition coefficient (Wildman–Crippen LogP) is 3.19. The first-order valence-corrected chi connectivity index (χ1v) is 7.34. The van der Waals surface area contributed by atoms with Crippen molar-refractivity contribution in [1.29, 1.82) is 0 Å². The van der Waals surface area contributed by atoms with Gasteiger partial charge in [-0.3, -0.25) is 4.40 Å². The molecule has 4 nitrogen and oxygen atoms in total. The van der Waals surface area contributed by atoms with Crippen LogP contribution >= 0.6 is 11.3 Å². The molecule has 1 atom stereocenters. The Morgan fingerprint density at radius 3 is 3.11 bits per heavy atom. The first-order chi connectivity index (χ1) is 9.28. The second-order valence-electron chi connectivity index (χ2n) is 4.61. The van der Waals surface area contributed by atoms with Gasteiger partial charge in [-0.15, -0.1) is 11.3 Å². The molecule has 0 radical (unpaired) electrons. The molecular weight excluding hydrogens is 258 g/mol. The molecule has 3 aromatic rings. The average Bonchev–Trinajstić information content (AvgIpc) is 3.03. The van der Waals surface area contributed by atoms with Gasteiger partial charge in [-0.05, 0) is 25.1 Å². The highest BCUT2D eigenvalue weighted by Crippen LogP contribution is 2.23. The van der Waals surface area contributed by atoms with Crippen molar-refractivity contribution < 1.29 is 4.42 Å². The van der Waals surface area contributed by atoms with E-state index in [1.165, 1.54) is 5.56 Å². The van der Waals surface area contributed by atoms with Gasteiger partial charge in [-0.1, -0.05) is 6.92 Å². The lowest BCUT2D eigenvalue weighted by atomic mass is 10.1. The number of imidazole rings is 1. The van der Waals surface area contributed by atoms with E-state index in [0.29, 0.717) is 0 Å². The van der Waals surface area contributed by atoms with Crippen molar-refractivity contribution >= 4 is 16.3 Å². The fourth-order valence-corrected chi connectivity index (χ4v) is 3.05. The van der Waals surface area contributed by atoms with E-state index in [2.05, 4.69) is 34.7 Å². The number of likely N-dealkylation sites (N-methyl/N-ethyl adjacent to an activating group) is 1. The monoisotopic (exact) mass is 275 g/mol.